The van der Waals surface area contributed by atoms with Crippen molar-refractivity contribution < 1.29 is 9.63 Å². The lowest BCUT2D eigenvalue weighted by Crippen LogP contribution is -2.36. The summed E-state index contributed by atoms with van der Waals surface area (Å²) in [6.07, 6.45) is 5.45. The van der Waals surface area contributed by atoms with Crippen LogP contribution < -0.4 is 0 Å². The fourth-order valence-electron chi connectivity index (χ4n) is 3.03. The molecule has 0 unspecified atom stereocenters. The Hall–Kier alpha value is -0.570. The second-order valence-electron chi connectivity index (χ2n) is 6.54. The molecule has 0 aromatic heterocycles. The quantitative estimate of drug-likeness (QED) is 0.704. The first-order chi connectivity index (χ1) is 7.98. The number of hydrogen-bond acceptors (Lipinski definition) is 2. The zero-order valence-electron chi connectivity index (χ0n) is 11.4. The highest BCUT2D eigenvalue weighted by atomic mass is 16.7. The van der Waals surface area contributed by atoms with Crippen LogP contribution in [0.3, 0.4) is 0 Å². The molecule has 0 N–H and O–H groups in total. The van der Waals surface area contributed by atoms with E-state index in [1.165, 1.54) is 12.8 Å². The van der Waals surface area contributed by atoms with Crippen LogP contribution in [0.2, 0.25) is 0 Å². The first kappa shape index (κ1) is 12.9. The Balaban J connectivity index is 1.84. The Bertz CT molecular complexity index is 268. The summed E-state index contributed by atoms with van der Waals surface area (Å²) in [5.74, 6) is 1.22. The standard InChI is InChI=1S/C14H25NO2/c1-14(2,3)12-7-5-11(6-8-12)13(16)15-9-4-10-17-15/h11-12H,4-10H2,1-3H3. The van der Waals surface area contributed by atoms with Crippen LogP contribution in [0.1, 0.15) is 52.9 Å². The number of hydrogen-bond donors (Lipinski definition) is 0. The fraction of sp³-hybridized carbons (Fsp3) is 0.929. The third-order valence-corrected chi connectivity index (χ3v) is 4.30. The molecule has 3 heteroatoms. The summed E-state index contributed by atoms with van der Waals surface area (Å²) < 4.78 is 0. The van der Waals surface area contributed by atoms with Crippen molar-refractivity contribution >= 4 is 5.91 Å². The van der Waals surface area contributed by atoms with E-state index in [9.17, 15) is 4.79 Å². The Morgan fingerprint density at radius 1 is 1.18 bits per heavy atom. The van der Waals surface area contributed by atoms with Gasteiger partial charge in [0.1, 0.15) is 0 Å². The lowest BCUT2D eigenvalue weighted by Gasteiger charge is -2.37. The summed E-state index contributed by atoms with van der Waals surface area (Å²) in [5, 5.41) is 1.60. The van der Waals surface area contributed by atoms with Crippen molar-refractivity contribution in [1.29, 1.82) is 0 Å². The number of carbonyl (C=O) groups is 1. The molecule has 1 amide bonds. The molecule has 1 saturated heterocycles. The first-order valence-electron chi connectivity index (χ1n) is 6.93. The lowest BCUT2D eigenvalue weighted by atomic mass is 9.69. The Morgan fingerprint density at radius 3 is 2.29 bits per heavy atom. The smallest absolute Gasteiger partial charge is 0.249 e. The maximum absolute atomic E-state index is 12.2. The van der Waals surface area contributed by atoms with E-state index >= 15 is 0 Å². The first-order valence-corrected chi connectivity index (χ1v) is 6.93. The van der Waals surface area contributed by atoms with Crippen LogP contribution >= 0.6 is 0 Å². The Labute approximate surface area is 104 Å². The van der Waals surface area contributed by atoms with E-state index in [1.807, 2.05) is 0 Å². The van der Waals surface area contributed by atoms with Gasteiger partial charge in [-0.05, 0) is 43.4 Å². The largest absolute Gasteiger partial charge is 0.272 e. The molecule has 3 nitrogen and oxygen atoms in total. The van der Waals surface area contributed by atoms with E-state index in [1.54, 1.807) is 5.06 Å². The average Bonchev–Trinajstić information content (AvgIpc) is 2.80. The number of carbonyl (C=O) groups excluding carboxylic acids is 1. The highest BCUT2D eigenvalue weighted by Crippen LogP contribution is 2.40. The second kappa shape index (κ2) is 4.97. The summed E-state index contributed by atoms with van der Waals surface area (Å²) in [5.41, 5.74) is 0.387. The van der Waals surface area contributed by atoms with E-state index in [4.69, 9.17) is 4.84 Å². The summed E-state index contributed by atoms with van der Waals surface area (Å²) in [6, 6.07) is 0. The predicted octanol–water partition coefficient (Wildman–Crippen LogP) is 3.00. The second-order valence-corrected chi connectivity index (χ2v) is 6.54. The van der Waals surface area contributed by atoms with Crippen LogP contribution in [0.5, 0.6) is 0 Å². The van der Waals surface area contributed by atoms with Gasteiger partial charge in [0.2, 0.25) is 5.91 Å². The van der Waals surface area contributed by atoms with Crippen LogP contribution in [0.15, 0.2) is 0 Å². The lowest BCUT2D eigenvalue weighted by molar-refractivity contribution is -0.175. The van der Waals surface area contributed by atoms with Crippen molar-refractivity contribution in [3.63, 3.8) is 0 Å². The van der Waals surface area contributed by atoms with Crippen LogP contribution in [0.4, 0.5) is 0 Å². The normalized spacial score (nSPS) is 30.6. The minimum atomic E-state index is 0.215. The van der Waals surface area contributed by atoms with E-state index in [-0.39, 0.29) is 11.8 Å². The zero-order valence-corrected chi connectivity index (χ0v) is 11.4. The van der Waals surface area contributed by atoms with Gasteiger partial charge in [0.15, 0.2) is 0 Å². The molecular formula is C14H25NO2. The SMILES string of the molecule is CC(C)(C)C1CCC(C(=O)N2CCCO2)CC1. The molecule has 1 aliphatic carbocycles. The summed E-state index contributed by atoms with van der Waals surface area (Å²) in [4.78, 5) is 17.5. The molecule has 1 saturated carbocycles. The Kier molecular flexibility index (Phi) is 3.76. The van der Waals surface area contributed by atoms with Crippen LogP contribution in [-0.4, -0.2) is 24.1 Å². The van der Waals surface area contributed by atoms with Crippen molar-refractivity contribution in [3.8, 4) is 0 Å². The van der Waals surface area contributed by atoms with Crippen LogP contribution in [0, 0.1) is 17.3 Å². The van der Waals surface area contributed by atoms with Gasteiger partial charge in [-0.1, -0.05) is 20.8 Å². The van der Waals surface area contributed by atoms with Gasteiger partial charge in [-0.15, -0.1) is 0 Å². The summed E-state index contributed by atoms with van der Waals surface area (Å²) in [6.45, 7) is 8.43. The maximum Gasteiger partial charge on any atom is 0.249 e. The molecule has 0 aromatic rings. The van der Waals surface area contributed by atoms with Gasteiger partial charge < -0.3 is 0 Å². The van der Waals surface area contributed by atoms with Gasteiger partial charge in [0, 0.05) is 5.92 Å². The molecule has 0 bridgehead atoms. The molecule has 2 rings (SSSR count). The van der Waals surface area contributed by atoms with Crippen molar-refractivity contribution in [3.05, 3.63) is 0 Å². The van der Waals surface area contributed by atoms with E-state index in [0.29, 0.717) is 12.0 Å². The van der Waals surface area contributed by atoms with E-state index in [2.05, 4.69) is 20.8 Å². The van der Waals surface area contributed by atoms with Crippen molar-refractivity contribution in [1.82, 2.24) is 5.06 Å². The zero-order chi connectivity index (χ0) is 12.5. The highest BCUT2D eigenvalue weighted by Gasteiger charge is 2.35. The van der Waals surface area contributed by atoms with Gasteiger partial charge in [0.05, 0.1) is 13.2 Å². The van der Waals surface area contributed by atoms with Gasteiger partial charge in [-0.3, -0.25) is 9.63 Å². The number of nitrogens with zero attached hydrogens (tertiary/aromatic N) is 1. The monoisotopic (exact) mass is 239 g/mol. The number of rotatable bonds is 1. The van der Waals surface area contributed by atoms with Crippen LogP contribution in [0.25, 0.3) is 0 Å². The topological polar surface area (TPSA) is 29.5 Å². The van der Waals surface area contributed by atoms with Gasteiger partial charge in [-0.2, -0.15) is 0 Å². The minimum Gasteiger partial charge on any atom is -0.272 e. The van der Waals surface area contributed by atoms with Crippen LogP contribution in [-0.2, 0) is 9.63 Å². The molecule has 0 aromatic carbocycles. The average molecular weight is 239 g/mol. The van der Waals surface area contributed by atoms with Gasteiger partial charge >= 0.3 is 0 Å². The van der Waals surface area contributed by atoms with Crippen molar-refractivity contribution in [2.45, 2.75) is 52.9 Å². The Morgan fingerprint density at radius 2 is 1.82 bits per heavy atom. The fourth-order valence-corrected chi connectivity index (χ4v) is 3.03. The van der Waals surface area contributed by atoms with Crippen molar-refractivity contribution in [2.75, 3.05) is 13.2 Å². The summed E-state index contributed by atoms with van der Waals surface area (Å²) >= 11 is 0. The predicted molar refractivity (Wildman–Crippen MR) is 67.2 cm³/mol. The maximum atomic E-state index is 12.2. The van der Waals surface area contributed by atoms with Gasteiger partial charge in [-0.25, -0.2) is 5.06 Å². The highest BCUT2D eigenvalue weighted by molar-refractivity contribution is 5.78. The molecule has 2 aliphatic rings. The van der Waals surface area contributed by atoms with E-state index < -0.39 is 0 Å². The minimum absolute atomic E-state index is 0.215. The molecular weight excluding hydrogens is 214 g/mol. The molecule has 2 fully saturated rings. The molecule has 0 radical (unpaired) electrons. The number of hydroxylamine groups is 2. The number of amides is 1. The third kappa shape index (κ3) is 3.01. The van der Waals surface area contributed by atoms with Crippen molar-refractivity contribution in [2.24, 2.45) is 17.3 Å². The third-order valence-electron chi connectivity index (χ3n) is 4.30. The molecule has 0 atom stereocenters. The van der Waals surface area contributed by atoms with E-state index in [0.717, 1.165) is 31.7 Å². The molecule has 1 aliphatic heterocycles. The molecule has 0 spiro atoms. The molecule has 17 heavy (non-hydrogen) atoms. The van der Waals surface area contributed by atoms with Gasteiger partial charge in [0.25, 0.3) is 0 Å². The molecule has 1 heterocycles. The summed E-state index contributed by atoms with van der Waals surface area (Å²) in [7, 11) is 0. The molecule has 98 valence electrons.